The van der Waals surface area contributed by atoms with Gasteiger partial charge in [0.2, 0.25) is 0 Å². The van der Waals surface area contributed by atoms with Crippen molar-refractivity contribution in [2.45, 2.75) is 36.7 Å². The molecule has 2 aromatic heterocycles. The summed E-state index contributed by atoms with van der Waals surface area (Å²) in [6, 6.07) is 10.1. The number of fused-ring (bicyclic) bond motifs is 1. The van der Waals surface area contributed by atoms with Crippen molar-refractivity contribution in [2.24, 2.45) is 7.05 Å². The largest absolute Gasteiger partial charge is 0.508 e. The molecule has 206 valence electrons. The third-order valence-corrected chi connectivity index (χ3v) is 8.43. The standard InChI is InChI=1S/C25H19F3N2O5S2.C2H6/c1-30-14-16(20-13-18(31)7-10-22(20)30)12-21(24(32)33)29-37(34,35)23-11-9-19(36-23)8-4-15-2-5-17(6-3-15)25(26,27)28;1-2/h2-3,5-7,9-11,13-14,21,29,31H,12H2,1H3,(H,32,33);1-2H3. The minimum absolute atomic E-state index is 0.00377. The summed E-state index contributed by atoms with van der Waals surface area (Å²) in [5.41, 5.74) is 0.796. The number of aromatic hydroxyl groups is 1. The van der Waals surface area contributed by atoms with Crippen molar-refractivity contribution >= 4 is 38.2 Å². The lowest BCUT2D eigenvalue weighted by molar-refractivity contribution is -0.139. The van der Waals surface area contributed by atoms with Crippen LogP contribution < -0.4 is 4.72 Å². The summed E-state index contributed by atoms with van der Waals surface area (Å²) >= 11 is 0.801. The third-order valence-electron chi connectivity index (χ3n) is 5.46. The number of nitrogens with one attached hydrogen (secondary N) is 1. The number of sulfonamides is 1. The smallest absolute Gasteiger partial charge is 0.416 e. The van der Waals surface area contributed by atoms with E-state index in [-0.39, 0.29) is 16.4 Å². The second kappa shape index (κ2) is 11.9. The number of thiophene rings is 1. The van der Waals surface area contributed by atoms with Crippen LogP contribution in [0.3, 0.4) is 0 Å². The molecule has 0 spiro atoms. The fraction of sp³-hybridized carbons (Fsp3) is 0.222. The van der Waals surface area contributed by atoms with Gasteiger partial charge in [0.15, 0.2) is 0 Å². The summed E-state index contributed by atoms with van der Waals surface area (Å²) < 4.78 is 67.7. The Morgan fingerprint density at radius 2 is 1.74 bits per heavy atom. The summed E-state index contributed by atoms with van der Waals surface area (Å²) in [7, 11) is -2.47. The second-order valence-corrected chi connectivity index (χ2v) is 11.2. The maximum Gasteiger partial charge on any atom is 0.416 e. The van der Waals surface area contributed by atoms with Crippen LogP contribution in [-0.2, 0) is 34.5 Å². The summed E-state index contributed by atoms with van der Waals surface area (Å²) in [6.07, 6.45) is -2.95. The highest BCUT2D eigenvalue weighted by molar-refractivity contribution is 7.91. The van der Waals surface area contributed by atoms with Crippen LogP contribution in [0.2, 0.25) is 0 Å². The maximum absolute atomic E-state index is 12.9. The zero-order chi connectivity index (χ0) is 29.0. The van der Waals surface area contributed by atoms with Crippen LogP contribution in [0.5, 0.6) is 5.75 Å². The molecular weight excluding hydrogens is 553 g/mol. The van der Waals surface area contributed by atoms with Crippen LogP contribution in [0, 0.1) is 11.8 Å². The van der Waals surface area contributed by atoms with Crippen LogP contribution in [0.4, 0.5) is 13.2 Å². The quantitative estimate of drug-likeness (QED) is 0.267. The van der Waals surface area contributed by atoms with Gasteiger partial charge in [0.1, 0.15) is 16.0 Å². The van der Waals surface area contributed by atoms with Gasteiger partial charge in [-0.2, -0.15) is 17.9 Å². The number of carbonyl (C=O) groups is 1. The molecule has 1 unspecified atom stereocenters. The second-order valence-electron chi connectivity index (χ2n) is 8.13. The summed E-state index contributed by atoms with van der Waals surface area (Å²) in [4.78, 5) is 12.2. The predicted octanol–water partition coefficient (Wildman–Crippen LogP) is 5.36. The number of carboxylic acids is 1. The highest BCUT2D eigenvalue weighted by Crippen LogP contribution is 2.29. The monoisotopic (exact) mass is 578 g/mol. The number of aliphatic carboxylic acids is 1. The first-order valence-electron chi connectivity index (χ1n) is 11.6. The minimum Gasteiger partial charge on any atom is -0.508 e. The van der Waals surface area contributed by atoms with E-state index in [9.17, 15) is 36.6 Å². The Morgan fingerprint density at radius 3 is 2.36 bits per heavy atom. The molecule has 12 heteroatoms. The topological polar surface area (TPSA) is 109 Å². The van der Waals surface area contributed by atoms with Crippen LogP contribution >= 0.6 is 11.3 Å². The molecule has 0 aliphatic carbocycles. The Morgan fingerprint density at radius 1 is 1.08 bits per heavy atom. The molecule has 2 heterocycles. The normalized spacial score (nSPS) is 12.3. The maximum atomic E-state index is 12.9. The molecule has 4 aromatic rings. The lowest BCUT2D eigenvalue weighted by Gasteiger charge is -2.13. The average molecular weight is 579 g/mol. The molecule has 3 N–H and O–H groups in total. The molecule has 0 saturated heterocycles. The Labute approximate surface area is 227 Å². The van der Waals surface area contributed by atoms with Gasteiger partial charge < -0.3 is 14.8 Å². The number of benzene rings is 2. The zero-order valence-corrected chi connectivity index (χ0v) is 22.7. The average Bonchev–Trinajstić information content (AvgIpc) is 3.48. The molecule has 0 amide bonds. The Hall–Kier alpha value is -3.79. The number of phenols is 1. The van der Waals surface area contributed by atoms with Gasteiger partial charge in [-0.25, -0.2) is 8.42 Å². The minimum atomic E-state index is -4.46. The SMILES string of the molecule is CC.Cn1cc(CC(NS(=O)(=O)c2ccc(C#Cc3ccc(C(F)(F)F)cc3)s2)C(=O)O)c2cc(O)ccc21. The fourth-order valence-electron chi connectivity index (χ4n) is 3.68. The lowest BCUT2D eigenvalue weighted by atomic mass is 10.1. The molecule has 0 fully saturated rings. The molecule has 39 heavy (non-hydrogen) atoms. The number of aromatic nitrogens is 1. The van der Waals surface area contributed by atoms with E-state index in [1.807, 2.05) is 13.8 Å². The van der Waals surface area contributed by atoms with E-state index in [2.05, 4.69) is 16.6 Å². The number of hydrogen-bond acceptors (Lipinski definition) is 5. The van der Waals surface area contributed by atoms with Gasteiger partial charge in [0.25, 0.3) is 10.0 Å². The number of rotatable bonds is 6. The molecule has 2 aromatic carbocycles. The number of aryl methyl sites for hydroxylation is 1. The molecule has 0 aliphatic heterocycles. The van der Waals surface area contributed by atoms with Crippen molar-refractivity contribution in [3.05, 3.63) is 82.4 Å². The van der Waals surface area contributed by atoms with Gasteiger partial charge >= 0.3 is 12.1 Å². The van der Waals surface area contributed by atoms with E-state index in [0.29, 0.717) is 21.4 Å². The van der Waals surface area contributed by atoms with Gasteiger partial charge in [-0.3, -0.25) is 4.79 Å². The van der Waals surface area contributed by atoms with E-state index in [1.165, 1.54) is 36.4 Å². The zero-order valence-electron chi connectivity index (χ0n) is 21.1. The third kappa shape index (κ3) is 7.20. The van der Waals surface area contributed by atoms with E-state index in [1.54, 1.807) is 23.9 Å². The van der Waals surface area contributed by atoms with Crippen molar-refractivity contribution < 1.29 is 36.6 Å². The van der Waals surface area contributed by atoms with Gasteiger partial charge in [-0.1, -0.05) is 25.7 Å². The first-order chi connectivity index (χ1) is 18.3. The Balaban J connectivity index is 0.00000205. The molecule has 0 aliphatic rings. The van der Waals surface area contributed by atoms with Crippen LogP contribution in [0.1, 0.15) is 35.4 Å². The first-order valence-corrected chi connectivity index (χ1v) is 13.9. The predicted molar refractivity (Wildman–Crippen MR) is 143 cm³/mol. The van der Waals surface area contributed by atoms with Crippen molar-refractivity contribution in [2.75, 3.05) is 0 Å². The summed E-state index contributed by atoms with van der Waals surface area (Å²) in [5.74, 6) is 4.01. The Kier molecular flexibility index (Phi) is 9.11. The van der Waals surface area contributed by atoms with Gasteiger partial charge in [0, 0.05) is 36.1 Å². The van der Waals surface area contributed by atoms with Gasteiger partial charge in [-0.15, -0.1) is 11.3 Å². The number of nitrogens with zero attached hydrogens (tertiary/aromatic N) is 1. The summed E-state index contributed by atoms with van der Waals surface area (Å²) in [6.45, 7) is 4.00. The number of hydrogen-bond donors (Lipinski definition) is 3. The molecule has 4 rings (SSSR count). The highest BCUT2D eigenvalue weighted by atomic mass is 32.2. The number of carboxylic acid groups (broad SMARTS) is 1. The van der Waals surface area contributed by atoms with Crippen molar-refractivity contribution in [3.8, 4) is 17.6 Å². The number of alkyl halides is 3. The molecule has 0 radical (unpaired) electrons. The number of halogens is 3. The van der Waals surface area contributed by atoms with E-state index >= 15 is 0 Å². The molecule has 0 bridgehead atoms. The Bertz CT molecular complexity index is 1640. The van der Waals surface area contributed by atoms with Crippen molar-refractivity contribution in [1.29, 1.82) is 0 Å². The van der Waals surface area contributed by atoms with Gasteiger partial charge in [-0.05, 0) is 60.2 Å². The fourth-order valence-corrected chi connectivity index (χ4v) is 6.04. The van der Waals surface area contributed by atoms with Crippen LogP contribution in [0.25, 0.3) is 10.9 Å². The molecule has 0 saturated carbocycles. The first kappa shape index (κ1) is 29.8. The molecule has 1 atom stereocenters. The van der Waals surface area contributed by atoms with E-state index in [0.717, 1.165) is 29.0 Å². The lowest BCUT2D eigenvalue weighted by Crippen LogP contribution is -2.42. The molecule has 7 nitrogen and oxygen atoms in total. The van der Waals surface area contributed by atoms with Crippen LogP contribution in [-0.4, -0.2) is 35.2 Å². The summed E-state index contributed by atoms with van der Waals surface area (Å²) in [5, 5.41) is 20.1. The van der Waals surface area contributed by atoms with Crippen LogP contribution in [0.15, 0.2) is 65.0 Å². The van der Waals surface area contributed by atoms with E-state index in [4.69, 9.17) is 0 Å². The molecular formula is C27H25F3N2O5S2. The van der Waals surface area contributed by atoms with Crippen molar-refractivity contribution in [3.63, 3.8) is 0 Å². The van der Waals surface area contributed by atoms with Crippen molar-refractivity contribution in [1.82, 2.24) is 9.29 Å². The van der Waals surface area contributed by atoms with E-state index < -0.39 is 33.8 Å². The number of phenolic OH excluding ortho intramolecular Hbond substituents is 1. The highest BCUT2D eigenvalue weighted by Gasteiger charge is 2.30. The van der Waals surface area contributed by atoms with Gasteiger partial charge in [0.05, 0.1) is 10.4 Å².